The number of benzene rings is 1. The van der Waals surface area contributed by atoms with Crippen LogP contribution >= 0.6 is 0 Å². The first-order valence-corrected chi connectivity index (χ1v) is 17.1. The summed E-state index contributed by atoms with van der Waals surface area (Å²) < 4.78 is 37.3. The van der Waals surface area contributed by atoms with Gasteiger partial charge >= 0.3 is 0 Å². The minimum atomic E-state index is -2.79. The first-order valence-electron chi connectivity index (χ1n) is 17.1. The number of nitrogens with two attached hydrogens (primary N) is 1. The maximum Gasteiger partial charge on any atom is 0.254 e. The van der Waals surface area contributed by atoms with Gasteiger partial charge in [0, 0.05) is 56.0 Å². The van der Waals surface area contributed by atoms with Crippen LogP contribution < -0.4 is 15.8 Å². The Balaban J connectivity index is 1.15. The van der Waals surface area contributed by atoms with Crippen LogP contribution in [0.4, 0.5) is 8.78 Å². The predicted molar refractivity (Wildman–Crippen MR) is 178 cm³/mol. The molecule has 4 fully saturated rings. The third-order valence-corrected chi connectivity index (χ3v) is 11.3. The number of ether oxygens (including phenoxy) is 1. The van der Waals surface area contributed by atoms with Crippen molar-refractivity contribution >= 4 is 33.9 Å². The van der Waals surface area contributed by atoms with Gasteiger partial charge in [-0.1, -0.05) is 6.92 Å². The number of alkyl halides is 2. The van der Waals surface area contributed by atoms with Crippen LogP contribution in [-0.4, -0.2) is 67.5 Å². The van der Waals surface area contributed by atoms with Gasteiger partial charge < -0.3 is 29.8 Å². The standard InChI is InChI=1S/C36H43F2N7O3/c1-19(40-34(47)35(2)17-36(37,38)18-35)26-10-8-22-13-28(45(31(22)41-26)15-20-5-6-20)32-42-27-12-23(14-29(48-4)30(27)43(32)3)33(46)44-16-25(39)21-7-9-24(44)11-21/h8,10,12-14,19-21,24-25H,5-7,9,11,15-18,39H2,1-4H3,(H,40,47)/t19-,21+,24-,25+/m1/s1. The van der Waals surface area contributed by atoms with E-state index in [0.29, 0.717) is 40.9 Å². The fourth-order valence-electron chi connectivity index (χ4n) is 8.43. The number of halogens is 2. The van der Waals surface area contributed by atoms with Crippen molar-refractivity contribution in [1.29, 1.82) is 0 Å². The highest BCUT2D eigenvalue weighted by molar-refractivity contribution is 6.00. The Labute approximate surface area is 278 Å². The monoisotopic (exact) mass is 659 g/mol. The molecule has 10 nitrogen and oxygen atoms in total. The second kappa shape index (κ2) is 11.0. The summed E-state index contributed by atoms with van der Waals surface area (Å²) in [5.74, 6) is -0.868. The van der Waals surface area contributed by atoms with E-state index < -0.39 is 30.2 Å². The molecule has 254 valence electrons. The van der Waals surface area contributed by atoms with Crippen molar-refractivity contribution < 1.29 is 23.1 Å². The molecular weight excluding hydrogens is 616 g/mol. The molecule has 2 bridgehead atoms. The lowest BCUT2D eigenvalue weighted by molar-refractivity contribution is -0.175. The second-order valence-electron chi connectivity index (χ2n) is 15.1. The molecule has 4 aliphatic rings. The number of nitrogens with one attached hydrogen (secondary N) is 1. The Morgan fingerprint density at radius 3 is 2.60 bits per heavy atom. The quantitative estimate of drug-likeness (QED) is 0.255. The summed E-state index contributed by atoms with van der Waals surface area (Å²) in [6.45, 7) is 4.76. The first-order chi connectivity index (χ1) is 22.8. The van der Waals surface area contributed by atoms with Gasteiger partial charge in [0.2, 0.25) is 11.8 Å². The predicted octanol–water partition coefficient (Wildman–Crippen LogP) is 5.57. The van der Waals surface area contributed by atoms with E-state index in [2.05, 4.69) is 16.0 Å². The maximum absolute atomic E-state index is 13.9. The number of aryl methyl sites for hydroxylation is 1. The highest BCUT2D eigenvalue weighted by atomic mass is 19.3. The number of rotatable bonds is 8. The maximum atomic E-state index is 13.9. The fraction of sp³-hybridized carbons (Fsp3) is 0.556. The number of imidazole rings is 1. The Morgan fingerprint density at radius 1 is 1.12 bits per heavy atom. The molecule has 3 N–H and O–H groups in total. The molecule has 0 radical (unpaired) electrons. The van der Waals surface area contributed by atoms with Crippen LogP contribution in [0.2, 0.25) is 0 Å². The highest BCUT2D eigenvalue weighted by Gasteiger charge is 2.57. The largest absolute Gasteiger partial charge is 0.494 e. The summed E-state index contributed by atoms with van der Waals surface area (Å²) in [6.07, 6.45) is 4.42. The van der Waals surface area contributed by atoms with Crippen LogP contribution in [0.5, 0.6) is 5.75 Å². The van der Waals surface area contributed by atoms with E-state index in [9.17, 15) is 18.4 Å². The van der Waals surface area contributed by atoms with Gasteiger partial charge in [-0.25, -0.2) is 18.7 Å². The number of fused-ring (bicyclic) bond motifs is 4. The number of methoxy groups -OCH3 is 1. The van der Waals surface area contributed by atoms with Gasteiger partial charge in [0.05, 0.1) is 35.5 Å². The van der Waals surface area contributed by atoms with Gasteiger partial charge in [-0.3, -0.25) is 9.59 Å². The Hall–Kier alpha value is -4.06. The Morgan fingerprint density at radius 2 is 1.90 bits per heavy atom. The summed E-state index contributed by atoms with van der Waals surface area (Å²) in [5, 5.41) is 3.86. The molecule has 3 aromatic heterocycles. The zero-order valence-corrected chi connectivity index (χ0v) is 27.9. The van der Waals surface area contributed by atoms with Crippen LogP contribution in [0.3, 0.4) is 0 Å². The molecule has 0 unspecified atom stereocenters. The number of aromatic nitrogens is 4. The summed E-state index contributed by atoms with van der Waals surface area (Å²) in [5.41, 5.74) is 9.71. The lowest BCUT2D eigenvalue weighted by Crippen LogP contribution is -2.53. The fourth-order valence-corrected chi connectivity index (χ4v) is 8.43. The third kappa shape index (κ3) is 5.14. The van der Waals surface area contributed by atoms with E-state index in [4.69, 9.17) is 20.4 Å². The number of carbonyl (C=O) groups excluding carboxylic acids is 2. The van der Waals surface area contributed by atoms with Crippen molar-refractivity contribution in [2.24, 2.45) is 30.0 Å². The number of nitrogens with zero attached hydrogens (tertiary/aromatic N) is 5. The van der Waals surface area contributed by atoms with Gasteiger partial charge in [0.15, 0.2) is 5.82 Å². The van der Waals surface area contributed by atoms with Crippen LogP contribution in [0, 0.1) is 17.3 Å². The summed E-state index contributed by atoms with van der Waals surface area (Å²) in [4.78, 5) is 38.9. The van der Waals surface area contributed by atoms with E-state index in [1.807, 2.05) is 47.7 Å². The molecule has 4 aromatic rings. The van der Waals surface area contributed by atoms with Crippen LogP contribution in [0.25, 0.3) is 33.6 Å². The van der Waals surface area contributed by atoms with E-state index in [-0.39, 0.29) is 23.9 Å². The lowest BCUT2D eigenvalue weighted by Gasteiger charge is -2.43. The smallest absolute Gasteiger partial charge is 0.254 e. The van der Waals surface area contributed by atoms with Gasteiger partial charge in [0.1, 0.15) is 16.9 Å². The average Bonchev–Trinajstić information content (AvgIpc) is 3.50. The second-order valence-corrected chi connectivity index (χ2v) is 15.1. The van der Waals surface area contributed by atoms with E-state index >= 15 is 0 Å². The SMILES string of the molecule is COc1cc(C(=O)N2C[C@H](N)[C@H]3CC[C@@H]2C3)cc2nc(-c3cc4ccc([C@@H](C)NC(=O)C5(C)CC(F)(F)C5)nc4n3CC3CC3)n(C)c12. The van der Waals surface area contributed by atoms with E-state index in [0.717, 1.165) is 66.7 Å². The number of hydrogen-bond acceptors (Lipinski definition) is 6. The van der Waals surface area contributed by atoms with Crippen LogP contribution in [-0.2, 0) is 18.4 Å². The van der Waals surface area contributed by atoms with E-state index in [1.165, 1.54) is 0 Å². The molecule has 4 heterocycles. The van der Waals surface area contributed by atoms with Crippen molar-refractivity contribution in [3.8, 4) is 17.3 Å². The number of amides is 2. The van der Waals surface area contributed by atoms with Gasteiger partial charge in [-0.2, -0.15) is 0 Å². The first kappa shape index (κ1) is 31.2. The van der Waals surface area contributed by atoms with E-state index in [1.54, 1.807) is 14.0 Å². The third-order valence-electron chi connectivity index (χ3n) is 11.3. The lowest BCUT2D eigenvalue weighted by atomic mass is 9.67. The minimum Gasteiger partial charge on any atom is -0.494 e. The zero-order valence-electron chi connectivity index (χ0n) is 27.9. The van der Waals surface area contributed by atoms with Crippen molar-refractivity contribution in [1.82, 2.24) is 29.3 Å². The number of hydrogen-bond donors (Lipinski definition) is 2. The molecule has 0 spiro atoms. The summed E-state index contributed by atoms with van der Waals surface area (Å²) >= 11 is 0. The molecule has 8 rings (SSSR count). The van der Waals surface area contributed by atoms with Crippen molar-refractivity contribution in [3.63, 3.8) is 0 Å². The minimum absolute atomic E-state index is 0.000557. The zero-order chi connectivity index (χ0) is 33.7. The van der Waals surface area contributed by atoms with Crippen molar-refractivity contribution in [2.45, 2.75) is 89.4 Å². The molecule has 3 saturated carbocycles. The van der Waals surface area contributed by atoms with Crippen molar-refractivity contribution in [2.75, 3.05) is 13.7 Å². The number of piperidine rings is 1. The molecule has 1 saturated heterocycles. The molecule has 12 heteroatoms. The topological polar surface area (TPSA) is 120 Å². The summed E-state index contributed by atoms with van der Waals surface area (Å²) in [7, 11) is 3.57. The molecule has 4 atom stereocenters. The number of likely N-dealkylation sites (tertiary alicyclic amines) is 1. The normalized spacial score (nSPS) is 24.9. The molecule has 1 aliphatic heterocycles. The summed E-state index contributed by atoms with van der Waals surface area (Å²) in [6, 6.07) is 9.40. The number of pyridine rings is 1. The molecule has 48 heavy (non-hydrogen) atoms. The van der Waals surface area contributed by atoms with Crippen molar-refractivity contribution in [3.05, 3.63) is 41.6 Å². The molecule has 3 aliphatic carbocycles. The highest BCUT2D eigenvalue weighted by Crippen LogP contribution is 2.52. The molecule has 1 aromatic carbocycles. The molecular formula is C36H43F2N7O3. The Bertz CT molecular complexity index is 1960. The van der Waals surface area contributed by atoms with Gasteiger partial charge in [-0.15, -0.1) is 0 Å². The van der Waals surface area contributed by atoms with Crippen LogP contribution in [0.1, 0.15) is 80.9 Å². The van der Waals surface area contributed by atoms with Crippen LogP contribution in [0.15, 0.2) is 30.3 Å². The number of carbonyl (C=O) groups is 2. The Kier molecular flexibility index (Phi) is 7.14. The molecule has 2 amide bonds. The average molecular weight is 660 g/mol. The van der Waals surface area contributed by atoms with Gasteiger partial charge in [-0.05, 0) is 81.2 Å². The van der Waals surface area contributed by atoms with Gasteiger partial charge in [0.25, 0.3) is 5.91 Å².